The lowest BCUT2D eigenvalue weighted by Crippen LogP contribution is -2.37. The minimum atomic E-state index is -0.509. The molecule has 1 aromatic carbocycles. The highest BCUT2D eigenvalue weighted by molar-refractivity contribution is 6.00. The molecular formula is C19H20N10O3. The summed E-state index contributed by atoms with van der Waals surface area (Å²) < 4.78 is 11.4. The number of carbonyl (C=O) groups excluding carboxylic acids is 1. The second kappa shape index (κ2) is 8.56. The SMILES string of the molecule is Nc1nonc1-n1nnc(C(=O)NN=Cc2c[nH]c3ccccc23)c1CN1CCOCC1. The molecule has 0 unspecified atom stereocenters. The number of aromatic nitrogens is 6. The molecule has 3 aromatic heterocycles. The van der Waals surface area contributed by atoms with E-state index >= 15 is 0 Å². The molecule has 4 heterocycles. The summed E-state index contributed by atoms with van der Waals surface area (Å²) in [7, 11) is 0. The molecular weight excluding hydrogens is 416 g/mol. The second-order valence-corrected chi connectivity index (χ2v) is 7.15. The first-order valence-electron chi connectivity index (χ1n) is 9.93. The van der Waals surface area contributed by atoms with Crippen molar-refractivity contribution in [1.29, 1.82) is 0 Å². The molecule has 13 nitrogen and oxygen atoms in total. The smallest absolute Gasteiger partial charge is 0.293 e. The molecule has 1 fully saturated rings. The van der Waals surface area contributed by atoms with Crippen LogP contribution in [0.15, 0.2) is 40.2 Å². The fourth-order valence-electron chi connectivity index (χ4n) is 3.51. The van der Waals surface area contributed by atoms with Gasteiger partial charge in [0.05, 0.1) is 25.1 Å². The quantitative estimate of drug-likeness (QED) is 0.285. The fourth-order valence-corrected chi connectivity index (χ4v) is 3.51. The van der Waals surface area contributed by atoms with Gasteiger partial charge >= 0.3 is 0 Å². The zero-order valence-corrected chi connectivity index (χ0v) is 16.9. The highest BCUT2D eigenvalue weighted by Crippen LogP contribution is 2.18. The molecule has 4 N–H and O–H groups in total. The van der Waals surface area contributed by atoms with Gasteiger partial charge in [-0.25, -0.2) is 10.1 Å². The molecule has 1 amide bonds. The molecule has 4 aromatic rings. The van der Waals surface area contributed by atoms with Gasteiger partial charge in [0.1, 0.15) is 0 Å². The van der Waals surface area contributed by atoms with E-state index in [9.17, 15) is 4.79 Å². The summed E-state index contributed by atoms with van der Waals surface area (Å²) in [5.41, 5.74) is 10.8. The summed E-state index contributed by atoms with van der Waals surface area (Å²) in [4.78, 5) is 18.2. The van der Waals surface area contributed by atoms with Crippen molar-refractivity contribution in [2.75, 3.05) is 32.0 Å². The average Bonchev–Trinajstić information content (AvgIpc) is 3.53. The Morgan fingerprint density at radius 2 is 2.12 bits per heavy atom. The minimum Gasteiger partial charge on any atom is -0.379 e. The molecule has 0 atom stereocenters. The van der Waals surface area contributed by atoms with Gasteiger partial charge in [-0.15, -0.1) is 5.10 Å². The summed E-state index contributed by atoms with van der Waals surface area (Å²) in [6.45, 7) is 3.00. The number of nitrogens with one attached hydrogen (secondary N) is 2. The summed E-state index contributed by atoms with van der Waals surface area (Å²) in [5, 5.41) is 20.5. The van der Waals surface area contributed by atoms with E-state index in [4.69, 9.17) is 10.5 Å². The molecule has 164 valence electrons. The number of rotatable bonds is 6. The second-order valence-electron chi connectivity index (χ2n) is 7.15. The molecule has 5 rings (SSSR count). The van der Waals surface area contributed by atoms with Gasteiger partial charge in [0, 0.05) is 42.3 Å². The number of hydrazone groups is 1. The summed E-state index contributed by atoms with van der Waals surface area (Å²) in [6, 6.07) is 7.81. The number of nitrogens with zero attached hydrogens (tertiary/aromatic N) is 7. The van der Waals surface area contributed by atoms with Gasteiger partial charge in [-0.1, -0.05) is 23.4 Å². The number of hydrogen-bond donors (Lipinski definition) is 3. The Morgan fingerprint density at radius 3 is 2.94 bits per heavy atom. The van der Waals surface area contributed by atoms with E-state index in [1.54, 1.807) is 6.21 Å². The molecule has 0 spiro atoms. The van der Waals surface area contributed by atoms with E-state index in [2.05, 4.69) is 45.7 Å². The first-order chi connectivity index (χ1) is 15.7. The minimum absolute atomic E-state index is 0.0439. The number of benzene rings is 1. The van der Waals surface area contributed by atoms with Crippen molar-refractivity contribution in [2.24, 2.45) is 5.10 Å². The van der Waals surface area contributed by atoms with E-state index in [1.165, 1.54) is 4.68 Å². The Morgan fingerprint density at radius 1 is 1.28 bits per heavy atom. The van der Waals surface area contributed by atoms with Gasteiger partial charge in [0.25, 0.3) is 5.91 Å². The predicted molar refractivity (Wildman–Crippen MR) is 113 cm³/mol. The van der Waals surface area contributed by atoms with Crippen LogP contribution in [0, 0.1) is 0 Å². The van der Waals surface area contributed by atoms with Crippen LogP contribution in [0.2, 0.25) is 0 Å². The molecule has 1 aliphatic heterocycles. The first kappa shape index (κ1) is 19.8. The summed E-state index contributed by atoms with van der Waals surface area (Å²) >= 11 is 0. The third-order valence-electron chi connectivity index (χ3n) is 5.14. The van der Waals surface area contributed by atoms with E-state index < -0.39 is 5.91 Å². The summed E-state index contributed by atoms with van der Waals surface area (Å²) in [6.07, 6.45) is 3.39. The highest BCUT2D eigenvalue weighted by atomic mass is 16.6. The van der Waals surface area contributed by atoms with Crippen LogP contribution in [0.5, 0.6) is 0 Å². The average molecular weight is 436 g/mol. The number of ether oxygens (including phenoxy) is 1. The number of carbonyl (C=O) groups is 1. The van der Waals surface area contributed by atoms with E-state index in [0.29, 0.717) is 38.5 Å². The molecule has 0 aliphatic carbocycles. The Kier molecular flexibility index (Phi) is 5.31. The number of morpholine rings is 1. The molecule has 13 heteroatoms. The number of nitrogens with two attached hydrogens (primary N) is 1. The molecule has 0 saturated carbocycles. The van der Waals surface area contributed by atoms with Gasteiger partial charge in [-0.2, -0.15) is 9.78 Å². The van der Waals surface area contributed by atoms with Gasteiger partial charge in [-0.3, -0.25) is 9.69 Å². The van der Waals surface area contributed by atoms with Gasteiger partial charge in [0.15, 0.2) is 5.69 Å². The van der Waals surface area contributed by atoms with Crippen LogP contribution < -0.4 is 11.2 Å². The highest BCUT2D eigenvalue weighted by Gasteiger charge is 2.26. The molecule has 1 saturated heterocycles. The van der Waals surface area contributed by atoms with E-state index in [1.807, 2.05) is 30.5 Å². The third-order valence-corrected chi connectivity index (χ3v) is 5.14. The maximum absolute atomic E-state index is 12.9. The first-order valence-corrected chi connectivity index (χ1v) is 9.93. The lowest BCUT2D eigenvalue weighted by atomic mass is 10.2. The van der Waals surface area contributed by atoms with Crippen LogP contribution in [-0.4, -0.2) is 73.6 Å². The number of nitrogen functional groups attached to an aromatic ring is 1. The maximum Gasteiger partial charge on any atom is 0.293 e. The van der Waals surface area contributed by atoms with Crippen molar-refractivity contribution in [2.45, 2.75) is 6.54 Å². The van der Waals surface area contributed by atoms with Crippen molar-refractivity contribution in [3.8, 4) is 5.82 Å². The standard InChI is InChI=1S/C19H20N10O3/c20-17-18(26-32-25-17)29-15(11-28-5-7-31-8-6-28)16(23-27-29)19(30)24-22-10-12-9-21-14-4-2-1-3-13(12)14/h1-4,9-10,21H,5-8,11H2,(H2,20,25)(H,24,30). The van der Waals surface area contributed by atoms with Crippen molar-refractivity contribution in [1.82, 2.24) is 40.6 Å². The maximum atomic E-state index is 12.9. The molecule has 32 heavy (non-hydrogen) atoms. The Balaban J connectivity index is 1.39. The van der Waals surface area contributed by atoms with Crippen LogP contribution in [-0.2, 0) is 11.3 Å². The molecule has 0 bridgehead atoms. The summed E-state index contributed by atoms with van der Waals surface area (Å²) in [5.74, 6) is -0.296. The number of amides is 1. The van der Waals surface area contributed by atoms with Gasteiger partial charge < -0.3 is 15.5 Å². The lowest BCUT2D eigenvalue weighted by Gasteiger charge is -2.26. The molecule has 1 aliphatic rings. The van der Waals surface area contributed by atoms with Crippen molar-refractivity contribution >= 4 is 28.8 Å². The predicted octanol–water partition coefficient (Wildman–Crippen LogP) is 0.310. The van der Waals surface area contributed by atoms with Crippen LogP contribution in [0.1, 0.15) is 21.7 Å². The van der Waals surface area contributed by atoms with Crippen molar-refractivity contribution < 1.29 is 14.2 Å². The number of aromatic amines is 1. The monoisotopic (exact) mass is 436 g/mol. The largest absolute Gasteiger partial charge is 0.379 e. The zero-order chi connectivity index (χ0) is 21.9. The van der Waals surface area contributed by atoms with E-state index in [0.717, 1.165) is 16.5 Å². The fraction of sp³-hybridized carbons (Fsp3) is 0.263. The Hall–Kier alpha value is -4.10. The van der Waals surface area contributed by atoms with Crippen molar-refractivity contribution in [3.05, 3.63) is 47.4 Å². The number of hydrogen-bond acceptors (Lipinski definition) is 10. The van der Waals surface area contributed by atoms with Gasteiger partial charge in [0.2, 0.25) is 11.6 Å². The topological polar surface area (TPSA) is 165 Å². The lowest BCUT2D eigenvalue weighted by molar-refractivity contribution is 0.0332. The van der Waals surface area contributed by atoms with Crippen LogP contribution >= 0.6 is 0 Å². The number of anilines is 1. The number of fused-ring (bicyclic) bond motifs is 1. The molecule has 0 radical (unpaired) electrons. The van der Waals surface area contributed by atoms with Crippen molar-refractivity contribution in [3.63, 3.8) is 0 Å². The number of para-hydroxylation sites is 1. The Bertz CT molecular complexity index is 1270. The van der Waals surface area contributed by atoms with Gasteiger partial charge in [-0.05, 0) is 16.4 Å². The normalized spacial score (nSPS) is 15.0. The third kappa shape index (κ3) is 3.81. The van der Waals surface area contributed by atoms with Crippen LogP contribution in [0.3, 0.4) is 0 Å². The Labute approximate surface area is 181 Å². The van der Waals surface area contributed by atoms with Crippen LogP contribution in [0.4, 0.5) is 5.82 Å². The van der Waals surface area contributed by atoms with Crippen LogP contribution in [0.25, 0.3) is 16.7 Å². The zero-order valence-electron chi connectivity index (χ0n) is 16.9. The number of H-pyrrole nitrogens is 1. The van der Waals surface area contributed by atoms with E-state index in [-0.39, 0.29) is 17.3 Å².